The molecule has 3 aromatic rings. The van der Waals surface area contributed by atoms with Crippen molar-refractivity contribution in [1.29, 1.82) is 0 Å². The summed E-state index contributed by atoms with van der Waals surface area (Å²) >= 11 is 0. The monoisotopic (exact) mass is 1340 g/mol. The second kappa shape index (κ2) is 28.7. The first-order valence-corrected chi connectivity index (χ1v) is 31.8. The van der Waals surface area contributed by atoms with Gasteiger partial charge in [0.15, 0.2) is 43.8 Å². The van der Waals surface area contributed by atoms with Crippen LogP contribution < -0.4 is 0 Å². The Kier molecular flexibility index (Phi) is 22.2. The number of aliphatic hydroxyl groups excluding tert-OH is 16. The molecule has 34 nitrogen and oxygen atoms in total. The molecular formula is C55H76O34S2. The Morgan fingerprint density at radius 1 is 0.374 bits per heavy atom. The lowest BCUT2D eigenvalue weighted by Crippen LogP contribution is -2.69. The molecule has 0 aliphatic carbocycles. The number of hydrogen-bond acceptors (Lipinski definition) is 34. The van der Waals surface area contributed by atoms with Crippen LogP contribution in [-0.2, 0) is 85.4 Å². The highest BCUT2D eigenvalue weighted by Gasteiger charge is 2.60. The van der Waals surface area contributed by atoms with Crippen LogP contribution in [-0.4, -0.2) is 322 Å². The van der Waals surface area contributed by atoms with E-state index in [4.69, 9.17) is 65.2 Å². The highest BCUT2D eigenvalue weighted by molar-refractivity contribution is 7.87. The first kappa shape index (κ1) is 70.4. The molecule has 0 amide bonds. The van der Waals surface area contributed by atoms with Crippen LogP contribution in [0.2, 0.25) is 0 Å². The van der Waals surface area contributed by atoms with E-state index in [1.165, 1.54) is 32.0 Å². The van der Waals surface area contributed by atoms with E-state index >= 15 is 0 Å². The molecule has 16 N–H and O–H groups in total. The molecule has 0 aromatic heterocycles. The van der Waals surface area contributed by atoms with Crippen molar-refractivity contribution in [3.63, 3.8) is 0 Å². The molecule has 22 aliphatic rings. The highest BCUT2D eigenvalue weighted by Crippen LogP contribution is 2.40. The molecular weight excluding hydrogens is 1270 g/mol. The van der Waals surface area contributed by atoms with Gasteiger partial charge in [0, 0.05) is 5.39 Å². The Morgan fingerprint density at radius 3 is 1.08 bits per heavy atom. The molecule has 0 unspecified atom stereocenters. The van der Waals surface area contributed by atoms with Crippen molar-refractivity contribution in [2.24, 2.45) is 0 Å². The van der Waals surface area contributed by atoms with Gasteiger partial charge >= 0.3 is 0 Å². The summed E-state index contributed by atoms with van der Waals surface area (Å²) in [7, 11) is -9.90. The zero-order chi connectivity index (χ0) is 65.9. The topological polar surface area (TPSA) is 521 Å². The fraction of sp³-hybridized carbons (Fsp3) is 0.709. The van der Waals surface area contributed by atoms with E-state index in [0.717, 1.165) is 6.07 Å². The minimum absolute atomic E-state index is 0.117. The molecule has 22 saturated heterocycles. The average molecular weight is 1350 g/mol. The maximum Gasteiger partial charge on any atom is 0.298 e. The molecule has 0 saturated carbocycles. The van der Waals surface area contributed by atoms with Gasteiger partial charge in [-0.15, -0.1) is 0 Å². The van der Waals surface area contributed by atoms with Crippen LogP contribution in [0.5, 0.6) is 0 Å². The predicted octanol–water partition coefficient (Wildman–Crippen LogP) is -8.15. The standard InChI is InChI=1S/C55H76O34S2/c1-19-11-20(2)49(21(3)12-19)91(74,75)76-18-29-47-35(65)40(70)54(82-29)85-44-26(15-58)78-52(37(67)32(44)62)86-46-28(17-60)81-55(48(41(46)71)89-90(72,73)30-10-6-8-22-7-4-5-9-23(22)30)88-45-27(16-59)80-51(39(69)34(45)64)84-42-24(13-56)77-50(36(66)31(42)61)83-43-25(14-57)79-53(87-47)38(68)33(43)63/h4-12,24-29,31-48,50-71H,13-18H2,1-3H3/t24-,25-,26-,27-,28-,29-,31-,32-,33-,34-,35-,36-,37-,38-,39-,40-,41+,42-,43-,44-,45-,46-,47-,48-,50-,51-,52-,53-,54-,55-/m1/s1. The zero-order valence-electron chi connectivity index (χ0n) is 48.6. The van der Waals surface area contributed by atoms with Crippen molar-refractivity contribution in [2.45, 2.75) is 215 Å². The Labute approximate surface area is 518 Å². The van der Waals surface area contributed by atoms with E-state index in [-0.39, 0.29) is 21.4 Å². The van der Waals surface area contributed by atoms with E-state index in [1.54, 1.807) is 37.3 Å². The zero-order valence-corrected chi connectivity index (χ0v) is 50.2. The van der Waals surface area contributed by atoms with Crippen LogP contribution in [0.3, 0.4) is 0 Å². The number of aliphatic hydroxyl groups is 16. The molecule has 30 atom stereocenters. The van der Waals surface area contributed by atoms with Crippen molar-refractivity contribution in [1.82, 2.24) is 0 Å². The van der Waals surface area contributed by atoms with Gasteiger partial charge in [-0.1, -0.05) is 54.1 Å². The summed E-state index contributed by atoms with van der Waals surface area (Å²) < 4.78 is 139. The number of ether oxygens (including phenoxy) is 12. The summed E-state index contributed by atoms with van der Waals surface area (Å²) in [6.07, 6.45) is -64.4. The predicted molar refractivity (Wildman–Crippen MR) is 293 cm³/mol. The SMILES string of the molecule is Cc1cc(C)c(S(=O)(=O)OC[C@H]2O[C@@H]3O[C@H]4[C@H](O)[C@@H](O)[C@@H](O[C@H]5[C@H](O)[C@@H](OS(=O)(=O)c6cccc7ccccc67)[C@@H](O[C@H]6[C@H](O)[C@@H](O)[C@@H](O[C@H]7[C@H](O)[C@@H](O)[C@@H](O[C@H]8[C@H](O)[C@@H](O)[C@@H](O[C@H]2[C@H](O)[C@H]3O)O[C@@H]8CO)O[C@@H]7CO)O[C@@H]6CO)O[C@@H]5CO)O[C@@H]4CO)c(C)c1. The Balaban J connectivity index is 1.01. The van der Waals surface area contributed by atoms with Crippen LogP contribution in [0.25, 0.3) is 10.8 Å². The number of hydrogen-bond donors (Lipinski definition) is 16. The first-order chi connectivity index (χ1) is 43.2. The summed E-state index contributed by atoms with van der Waals surface area (Å²) in [6.45, 7) is -2.06. The molecule has 12 bridgehead atoms. The largest absolute Gasteiger partial charge is 0.394 e. The summed E-state index contributed by atoms with van der Waals surface area (Å²) in [5.41, 5.74) is 1.20. The van der Waals surface area contributed by atoms with Crippen molar-refractivity contribution < 1.29 is 164 Å². The lowest BCUT2D eigenvalue weighted by Gasteiger charge is -2.51. The Hall–Kier alpha value is -3.38. The van der Waals surface area contributed by atoms with Gasteiger partial charge < -0.3 is 139 Å². The third-order valence-corrected chi connectivity index (χ3v) is 19.9. The second-order valence-corrected chi connectivity index (χ2v) is 26.2. The summed E-state index contributed by atoms with van der Waals surface area (Å²) in [4.78, 5) is -0.747. The normalized spacial score (nSPS) is 43.8. The number of rotatable bonds is 12. The van der Waals surface area contributed by atoms with Gasteiger partial charge in [-0.25, -0.2) is 0 Å². The van der Waals surface area contributed by atoms with Gasteiger partial charge in [0.05, 0.1) is 44.5 Å². The van der Waals surface area contributed by atoms with Gasteiger partial charge in [0.25, 0.3) is 20.2 Å². The molecule has 0 radical (unpaired) electrons. The molecule has 91 heavy (non-hydrogen) atoms. The van der Waals surface area contributed by atoms with E-state index < -0.39 is 249 Å². The highest BCUT2D eigenvalue weighted by atomic mass is 32.2. The number of aryl methyl sites for hydroxylation is 3. The van der Waals surface area contributed by atoms with Crippen molar-refractivity contribution >= 4 is 31.0 Å². The molecule has 3 aromatic carbocycles. The van der Waals surface area contributed by atoms with E-state index in [2.05, 4.69) is 0 Å². The van der Waals surface area contributed by atoms with Crippen molar-refractivity contribution in [2.75, 3.05) is 39.6 Å². The minimum Gasteiger partial charge on any atom is -0.394 e. The van der Waals surface area contributed by atoms with Gasteiger partial charge in [-0.3, -0.25) is 8.37 Å². The van der Waals surface area contributed by atoms with Crippen molar-refractivity contribution in [3.8, 4) is 0 Å². The van der Waals surface area contributed by atoms with Crippen molar-refractivity contribution in [3.05, 3.63) is 71.3 Å². The van der Waals surface area contributed by atoms with E-state index in [0.29, 0.717) is 10.9 Å². The summed E-state index contributed by atoms with van der Waals surface area (Å²) in [5.74, 6) is 0. The minimum atomic E-state index is -5.12. The third kappa shape index (κ3) is 14.0. The molecule has 0 spiro atoms. The fourth-order valence-electron chi connectivity index (χ4n) is 12.4. The maximum absolute atomic E-state index is 14.5. The van der Waals surface area contributed by atoms with Crippen LogP contribution in [0.15, 0.2) is 64.4 Å². The van der Waals surface area contributed by atoms with Crippen LogP contribution in [0.4, 0.5) is 0 Å². The van der Waals surface area contributed by atoms with Crippen LogP contribution >= 0.6 is 0 Å². The summed E-state index contributed by atoms with van der Waals surface area (Å²) in [5, 5.41) is 183. The molecule has 22 fully saturated rings. The van der Waals surface area contributed by atoms with Gasteiger partial charge in [0.2, 0.25) is 0 Å². The summed E-state index contributed by atoms with van der Waals surface area (Å²) in [6, 6.07) is 13.4. The molecule has 512 valence electrons. The third-order valence-electron chi connectivity index (χ3n) is 17.0. The van der Waals surface area contributed by atoms with Crippen LogP contribution in [0.1, 0.15) is 16.7 Å². The lowest BCUT2D eigenvalue weighted by atomic mass is 9.94. The van der Waals surface area contributed by atoms with Gasteiger partial charge in [0.1, 0.15) is 145 Å². The van der Waals surface area contributed by atoms with Gasteiger partial charge in [-0.2, -0.15) is 16.8 Å². The molecule has 25 rings (SSSR count). The van der Waals surface area contributed by atoms with E-state index in [1.807, 2.05) is 0 Å². The maximum atomic E-state index is 14.5. The smallest absolute Gasteiger partial charge is 0.298 e. The van der Waals surface area contributed by atoms with Crippen LogP contribution in [0, 0.1) is 20.8 Å². The van der Waals surface area contributed by atoms with Gasteiger partial charge in [-0.05, 0) is 43.4 Å². The second-order valence-electron chi connectivity index (χ2n) is 23.1. The Morgan fingerprint density at radius 2 is 0.692 bits per heavy atom. The molecule has 36 heteroatoms. The Bertz CT molecular complexity index is 3130. The molecule has 22 heterocycles. The van der Waals surface area contributed by atoms with E-state index in [9.17, 15) is 98.5 Å². The number of benzene rings is 3. The fourth-order valence-corrected chi connectivity index (χ4v) is 15.0. The average Bonchev–Trinajstić information content (AvgIpc) is 0.789. The quantitative estimate of drug-likeness (QED) is 0.0749. The lowest BCUT2D eigenvalue weighted by molar-refractivity contribution is -0.403. The number of fused-ring (bicyclic) bond motifs is 1. The first-order valence-electron chi connectivity index (χ1n) is 28.9. The molecule has 22 aliphatic heterocycles.